The SMILES string of the molecule is COc1ccc(C(=O)N2CCN([C@@H](C)c3nc(Cc4ccccc4)no3)CC2)cc1. The van der Waals surface area contributed by atoms with E-state index in [1.807, 2.05) is 47.4 Å². The summed E-state index contributed by atoms with van der Waals surface area (Å²) in [6.45, 7) is 4.93. The van der Waals surface area contributed by atoms with Gasteiger partial charge in [-0.25, -0.2) is 0 Å². The third-order valence-electron chi connectivity index (χ3n) is 5.53. The molecule has 0 bridgehead atoms. The van der Waals surface area contributed by atoms with Crippen molar-refractivity contribution in [2.45, 2.75) is 19.4 Å². The van der Waals surface area contributed by atoms with Gasteiger partial charge in [-0.15, -0.1) is 0 Å². The van der Waals surface area contributed by atoms with Crippen LogP contribution in [0.4, 0.5) is 0 Å². The van der Waals surface area contributed by atoms with Crippen molar-refractivity contribution in [2.24, 2.45) is 0 Å². The highest BCUT2D eigenvalue weighted by molar-refractivity contribution is 5.94. The summed E-state index contributed by atoms with van der Waals surface area (Å²) < 4.78 is 10.7. The van der Waals surface area contributed by atoms with Gasteiger partial charge in [0, 0.05) is 38.2 Å². The van der Waals surface area contributed by atoms with Crippen molar-refractivity contribution in [1.29, 1.82) is 0 Å². The number of benzene rings is 2. The van der Waals surface area contributed by atoms with E-state index >= 15 is 0 Å². The smallest absolute Gasteiger partial charge is 0.253 e. The second-order valence-corrected chi connectivity index (χ2v) is 7.44. The largest absolute Gasteiger partial charge is 0.497 e. The van der Waals surface area contributed by atoms with E-state index in [0.717, 1.165) is 24.4 Å². The highest BCUT2D eigenvalue weighted by atomic mass is 16.5. The van der Waals surface area contributed by atoms with Crippen molar-refractivity contribution in [3.63, 3.8) is 0 Å². The molecule has 1 saturated heterocycles. The van der Waals surface area contributed by atoms with Crippen LogP contribution in [0, 0.1) is 0 Å². The van der Waals surface area contributed by atoms with Crippen molar-refractivity contribution < 1.29 is 14.1 Å². The van der Waals surface area contributed by atoms with Crippen molar-refractivity contribution in [3.8, 4) is 5.75 Å². The Balaban J connectivity index is 1.33. The molecule has 7 nitrogen and oxygen atoms in total. The molecule has 156 valence electrons. The molecular formula is C23H26N4O3. The maximum Gasteiger partial charge on any atom is 0.253 e. The molecule has 0 radical (unpaired) electrons. The van der Waals surface area contributed by atoms with E-state index in [1.54, 1.807) is 7.11 Å². The number of amides is 1. The molecule has 0 aliphatic carbocycles. The third kappa shape index (κ3) is 4.52. The van der Waals surface area contributed by atoms with Crippen molar-refractivity contribution in [2.75, 3.05) is 33.3 Å². The third-order valence-corrected chi connectivity index (χ3v) is 5.53. The molecule has 0 unspecified atom stereocenters. The highest BCUT2D eigenvalue weighted by Crippen LogP contribution is 2.22. The minimum Gasteiger partial charge on any atom is -0.497 e. The molecular weight excluding hydrogens is 380 g/mol. The molecule has 2 aromatic carbocycles. The molecule has 2 heterocycles. The summed E-state index contributed by atoms with van der Waals surface area (Å²) in [7, 11) is 1.62. The standard InChI is InChI=1S/C23H26N4O3/c1-17(22-24-21(25-30-22)16-18-6-4-3-5-7-18)26-12-14-27(15-13-26)23(28)19-8-10-20(29-2)11-9-19/h3-11,17H,12-16H2,1-2H3/t17-/m0/s1. The van der Waals surface area contributed by atoms with Gasteiger partial charge in [0.2, 0.25) is 5.89 Å². The number of ether oxygens (including phenoxy) is 1. The monoisotopic (exact) mass is 406 g/mol. The fourth-order valence-corrected chi connectivity index (χ4v) is 3.67. The van der Waals surface area contributed by atoms with E-state index in [-0.39, 0.29) is 11.9 Å². The number of piperazine rings is 1. The molecule has 0 spiro atoms. The Morgan fingerprint density at radius 3 is 2.43 bits per heavy atom. The van der Waals surface area contributed by atoms with E-state index in [0.29, 0.717) is 36.8 Å². The zero-order chi connectivity index (χ0) is 20.9. The van der Waals surface area contributed by atoms with Crippen molar-refractivity contribution in [3.05, 3.63) is 77.4 Å². The number of hydrogen-bond acceptors (Lipinski definition) is 6. The van der Waals surface area contributed by atoms with Crippen molar-refractivity contribution >= 4 is 5.91 Å². The average molecular weight is 406 g/mol. The van der Waals surface area contributed by atoms with Crippen LogP contribution >= 0.6 is 0 Å². The molecule has 30 heavy (non-hydrogen) atoms. The first kappa shape index (κ1) is 20.1. The van der Waals surface area contributed by atoms with Gasteiger partial charge in [0.1, 0.15) is 5.75 Å². The lowest BCUT2D eigenvalue weighted by atomic mass is 10.1. The zero-order valence-electron chi connectivity index (χ0n) is 17.3. The molecule has 1 fully saturated rings. The van der Waals surface area contributed by atoms with Gasteiger partial charge >= 0.3 is 0 Å². The van der Waals surface area contributed by atoms with Crippen LogP contribution in [-0.4, -0.2) is 59.1 Å². The molecule has 3 aromatic rings. The van der Waals surface area contributed by atoms with Crippen LogP contribution in [-0.2, 0) is 6.42 Å². The Bertz CT molecular complexity index is 964. The molecule has 1 aromatic heterocycles. The van der Waals surface area contributed by atoms with Crippen LogP contribution in [0.2, 0.25) is 0 Å². The first-order chi connectivity index (χ1) is 14.6. The summed E-state index contributed by atoms with van der Waals surface area (Å²) in [4.78, 5) is 21.5. The van der Waals surface area contributed by atoms with Gasteiger partial charge < -0.3 is 14.2 Å². The summed E-state index contributed by atoms with van der Waals surface area (Å²) in [5, 5.41) is 4.14. The lowest BCUT2D eigenvalue weighted by Gasteiger charge is -2.36. The number of aromatic nitrogens is 2. The van der Waals surface area contributed by atoms with Crippen LogP contribution in [0.25, 0.3) is 0 Å². The van der Waals surface area contributed by atoms with E-state index in [9.17, 15) is 4.79 Å². The summed E-state index contributed by atoms with van der Waals surface area (Å²) in [6.07, 6.45) is 0.654. The maximum absolute atomic E-state index is 12.7. The molecule has 1 aliphatic rings. The van der Waals surface area contributed by atoms with E-state index < -0.39 is 0 Å². The Hall–Kier alpha value is -3.19. The van der Waals surface area contributed by atoms with E-state index in [2.05, 4.69) is 34.1 Å². The van der Waals surface area contributed by atoms with Gasteiger partial charge in [0.25, 0.3) is 5.91 Å². The number of nitrogens with zero attached hydrogens (tertiary/aromatic N) is 4. The van der Waals surface area contributed by atoms with E-state index in [4.69, 9.17) is 9.26 Å². The van der Waals surface area contributed by atoms with E-state index in [1.165, 1.54) is 0 Å². The first-order valence-electron chi connectivity index (χ1n) is 10.2. The lowest BCUT2D eigenvalue weighted by Crippen LogP contribution is -2.49. The molecule has 4 rings (SSSR count). The van der Waals surface area contributed by atoms with Crippen LogP contribution in [0.5, 0.6) is 5.75 Å². The van der Waals surface area contributed by atoms with Crippen LogP contribution in [0.15, 0.2) is 59.1 Å². The predicted molar refractivity (Wildman–Crippen MR) is 112 cm³/mol. The molecule has 1 amide bonds. The number of methoxy groups -OCH3 is 1. The number of hydrogen-bond donors (Lipinski definition) is 0. The fraction of sp³-hybridized carbons (Fsp3) is 0.348. The minimum absolute atomic E-state index is 0.0141. The molecule has 7 heteroatoms. The van der Waals surface area contributed by atoms with Gasteiger partial charge in [0.05, 0.1) is 13.2 Å². The summed E-state index contributed by atoms with van der Waals surface area (Å²) in [5.41, 5.74) is 1.84. The Kier molecular flexibility index (Phi) is 6.09. The second-order valence-electron chi connectivity index (χ2n) is 7.44. The number of rotatable bonds is 6. The molecule has 1 aliphatic heterocycles. The zero-order valence-corrected chi connectivity index (χ0v) is 17.3. The normalized spacial score (nSPS) is 15.7. The number of carbonyl (C=O) groups is 1. The maximum atomic E-state index is 12.7. The Morgan fingerprint density at radius 2 is 1.77 bits per heavy atom. The van der Waals surface area contributed by atoms with Gasteiger partial charge in [-0.1, -0.05) is 35.5 Å². The predicted octanol–water partition coefficient (Wildman–Crippen LogP) is 3.19. The number of carbonyl (C=O) groups excluding carboxylic acids is 1. The molecule has 0 N–H and O–H groups in total. The van der Waals surface area contributed by atoms with Gasteiger partial charge in [-0.05, 0) is 36.8 Å². The first-order valence-corrected chi connectivity index (χ1v) is 10.2. The fourth-order valence-electron chi connectivity index (χ4n) is 3.67. The van der Waals surface area contributed by atoms with Crippen LogP contribution in [0.3, 0.4) is 0 Å². The molecule has 1 atom stereocenters. The lowest BCUT2D eigenvalue weighted by molar-refractivity contribution is 0.0551. The summed E-state index contributed by atoms with van der Waals surface area (Å²) in [5.74, 6) is 2.11. The summed E-state index contributed by atoms with van der Waals surface area (Å²) in [6, 6.07) is 17.4. The van der Waals surface area contributed by atoms with Gasteiger partial charge in [-0.2, -0.15) is 4.98 Å². The van der Waals surface area contributed by atoms with Crippen LogP contribution < -0.4 is 4.74 Å². The van der Waals surface area contributed by atoms with Gasteiger partial charge in [-0.3, -0.25) is 9.69 Å². The average Bonchev–Trinajstić information content (AvgIpc) is 3.27. The Morgan fingerprint density at radius 1 is 1.07 bits per heavy atom. The quantitative estimate of drug-likeness (QED) is 0.626. The van der Waals surface area contributed by atoms with Crippen LogP contribution in [0.1, 0.15) is 40.6 Å². The summed E-state index contributed by atoms with van der Waals surface area (Å²) >= 11 is 0. The Labute approximate surface area is 176 Å². The molecule has 0 saturated carbocycles. The highest BCUT2D eigenvalue weighted by Gasteiger charge is 2.28. The van der Waals surface area contributed by atoms with Crippen molar-refractivity contribution in [1.82, 2.24) is 19.9 Å². The topological polar surface area (TPSA) is 71.7 Å². The second kappa shape index (κ2) is 9.09. The van der Waals surface area contributed by atoms with Gasteiger partial charge in [0.15, 0.2) is 5.82 Å². The minimum atomic E-state index is 0.0141.